The second-order valence-electron chi connectivity index (χ2n) is 8.15. The van der Waals surface area contributed by atoms with E-state index in [9.17, 15) is 18.0 Å². The number of nitrogens with one attached hydrogen (secondary N) is 1. The highest BCUT2D eigenvalue weighted by atomic mass is 32.2. The van der Waals surface area contributed by atoms with Crippen LogP contribution < -0.4 is 9.62 Å². The fraction of sp³-hybridized carbons (Fsp3) is 0.556. The van der Waals surface area contributed by atoms with Crippen molar-refractivity contribution < 1.29 is 18.0 Å². The van der Waals surface area contributed by atoms with Crippen LogP contribution in [0.1, 0.15) is 38.1 Å². The van der Waals surface area contributed by atoms with Gasteiger partial charge in [0.15, 0.2) is 0 Å². The minimum absolute atomic E-state index is 0.195. The van der Waals surface area contributed by atoms with Crippen LogP contribution in [0.5, 0.6) is 0 Å². The van der Waals surface area contributed by atoms with Gasteiger partial charge in [-0.1, -0.05) is 6.07 Å². The standard InChI is InChI=1S/C18H27N3O4S/c1-17(2)12-26(24,25)21(16(17)23)14-9-7-8-13(10-14)15(22)19-11-18(3,4)20(5)6/h7-10H,11-12H2,1-6H3,(H,19,22). The zero-order valence-electron chi connectivity index (χ0n) is 16.2. The molecule has 7 nitrogen and oxygen atoms in total. The summed E-state index contributed by atoms with van der Waals surface area (Å²) in [6, 6.07) is 6.14. The Morgan fingerprint density at radius 2 is 1.92 bits per heavy atom. The third-order valence-corrected chi connectivity index (χ3v) is 6.84. The van der Waals surface area contributed by atoms with Gasteiger partial charge in [-0.2, -0.15) is 0 Å². The number of carbonyl (C=O) groups is 2. The number of carbonyl (C=O) groups excluding carboxylic acids is 2. The van der Waals surface area contributed by atoms with Crippen LogP contribution in [-0.2, 0) is 14.8 Å². The molecule has 8 heteroatoms. The zero-order valence-corrected chi connectivity index (χ0v) is 17.0. The van der Waals surface area contributed by atoms with Crippen molar-refractivity contribution in [2.24, 2.45) is 5.41 Å². The first-order valence-corrected chi connectivity index (χ1v) is 10.0. The Bertz CT molecular complexity index is 829. The summed E-state index contributed by atoms with van der Waals surface area (Å²) in [6.07, 6.45) is 0. The molecule has 144 valence electrons. The van der Waals surface area contributed by atoms with Gasteiger partial charge in [-0.05, 0) is 60.0 Å². The summed E-state index contributed by atoms with van der Waals surface area (Å²) < 4.78 is 25.6. The van der Waals surface area contributed by atoms with E-state index in [4.69, 9.17) is 0 Å². The Labute approximate surface area is 155 Å². The monoisotopic (exact) mass is 381 g/mol. The maximum absolute atomic E-state index is 12.5. The summed E-state index contributed by atoms with van der Waals surface area (Å²) in [5, 5.41) is 2.85. The van der Waals surface area contributed by atoms with Crippen LogP contribution in [0, 0.1) is 5.41 Å². The van der Waals surface area contributed by atoms with E-state index in [1.165, 1.54) is 12.1 Å². The van der Waals surface area contributed by atoms with Gasteiger partial charge in [-0.15, -0.1) is 0 Å². The van der Waals surface area contributed by atoms with Crippen LogP contribution in [0.3, 0.4) is 0 Å². The SMILES string of the molecule is CN(C)C(C)(C)CNC(=O)c1cccc(N2C(=O)C(C)(C)CS2(=O)=O)c1. The molecule has 0 unspecified atom stereocenters. The van der Waals surface area contributed by atoms with Crippen LogP contribution in [0.2, 0.25) is 0 Å². The third-order valence-electron chi connectivity index (χ3n) is 4.82. The minimum Gasteiger partial charge on any atom is -0.350 e. The molecular weight excluding hydrogens is 354 g/mol. The first-order chi connectivity index (χ1) is 11.8. The number of anilines is 1. The number of hydrogen-bond donors (Lipinski definition) is 1. The molecule has 0 aromatic heterocycles. The summed E-state index contributed by atoms with van der Waals surface area (Å²) in [5.41, 5.74) is -0.705. The lowest BCUT2D eigenvalue weighted by Gasteiger charge is -2.32. The molecule has 1 aromatic carbocycles. The van der Waals surface area contributed by atoms with Gasteiger partial charge in [-0.25, -0.2) is 12.7 Å². The van der Waals surface area contributed by atoms with Crippen LogP contribution in [-0.4, -0.2) is 57.1 Å². The van der Waals surface area contributed by atoms with Crippen molar-refractivity contribution in [1.82, 2.24) is 10.2 Å². The van der Waals surface area contributed by atoms with Gasteiger partial charge in [0.2, 0.25) is 15.9 Å². The number of rotatable bonds is 5. The molecule has 0 atom stereocenters. The van der Waals surface area contributed by atoms with Gasteiger partial charge in [0.25, 0.3) is 5.91 Å². The van der Waals surface area contributed by atoms with Crippen molar-refractivity contribution in [2.75, 3.05) is 30.7 Å². The van der Waals surface area contributed by atoms with Gasteiger partial charge < -0.3 is 10.2 Å². The zero-order chi connectivity index (χ0) is 19.9. The van der Waals surface area contributed by atoms with Crippen LogP contribution >= 0.6 is 0 Å². The second-order valence-corrected chi connectivity index (χ2v) is 9.97. The molecule has 2 rings (SSSR count). The van der Waals surface area contributed by atoms with E-state index in [0.717, 1.165) is 4.31 Å². The van der Waals surface area contributed by atoms with E-state index < -0.39 is 21.3 Å². The topological polar surface area (TPSA) is 86.8 Å². The molecule has 1 aromatic rings. The Hall–Kier alpha value is -1.93. The lowest BCUT2D eigenvalue weighted by molar-refractivity contribution is -0.123. The predicted octanol–water partition coefficient (Wildman–Crippen LogP) is 1.46. The normalized spacial score (nSPS) is 19.0. The summed E-state index contributed by atoms with van der Waals surface area (Å²) in [7, 11) is 0.117. The molecule has 1 fully saturated rings. The van der Waals surface area contributed by atoms with Gasteiger partial charge in [0.1, 0.15) is 0 Å². The van der Waals surface area contributed by atoms with E-state index in [2.05, 4.69) is 5.32 Å². The largest absolute Gasteiger partial charge is 0.350 e. The summed E-state index contributed by atoms with van der Waals surface area (Å²) in [4.78, 5) is 27.0. The lowest BCUT2D eigenvalue weighted by atomic mass is 9.95. The number of sulfonamides is 1. The minimum atomic E-state index is -3.74. The average Bonchev–Trinajstić information content (AvgIpc) is 2.68. The molecule has 0 saturated carbocycles. The van der Waals surface area contributed by atoms with E-state index in [-0.39, 0.29) is 22.9 Å². The maximum Gasteiger partial charge on any atom is 0.251 e. The van der Waals surface area contributed by atoms with Gasteiger partial charge in [0.05, 0.1) is 16.9 Å². The summed E-state index contributed by atoms with van der Waals surface area (Å²) >= 11 is 0. The van der Waals surface area contributed by atoms with E-state index >= 15 is 0 Å². The van der Waals surface area contributed by atoms with Crippen LogP contribution in [0.4, 0.5) is 5.69 Å². The van der Waals surface area contributed by atoms with Crippen molar-refractivity contribution >= 4 is 27.5 Å². The Morgan fingerprint density at radius 1 is 1.31 bits per heavy atom. The smallest absolute Gasteiger partial charge is 0.251 e. The summed E-state index contributed by atoms with van der Waals surface area (Å²) in [5.74, 6) is -1.04. The Balaban J connectivity index is 2.26. The highest BCUT2D eigenvalue weighted by molar-refractivity contribution is 7.94. The van der Waals surface area contributed by atoms with Crippen LogP contribution in [0.25, 0.3) is 0 Å². The van der Waals surface area contributed by atoms with Crippen molar-refractivity contribution in [1.29, 1.82) is 0 Å². The molecule has 2 amide bonds. The van der Waals surface area contributed by atoms with Crippen LogP contribution in [0.15, 0.2) is 24.3 Å². The molecule has 0 radical (unpaired) electrons. The lowest BCUT2D eigenvalue weighted by Crippen LogP contribution is -2.48. The molecule has 0 spiro atoms. The van der Waals surface area contributed by atoms with Gasteiger partial charge in [0, 0.05) is 17.6 Å². The molecular formula is C18H27N3O4S. The molecule has 0 aliphatic carbocycles. The maximum atomic E-state index is 12.5. The first-order valence-electron chi connectivity index (χ1n) is 8.41. The van der Waals surface area contributed by atoms with Crippen molar-refractivity contribution in [2.45, 2.75) is 33.2 Å². The van der Waals surface area contributed by atoms with Crippen molar-refractivity contribution in [3.8, 4) is 0 Å². The predicted molar refractivity (Wildman–Crippen MR) is 102 cm³/mol. The number of nitrogens with zero attached hydrogens (tertiary/aromatic N) is 2. The number of benzene rings is 1. The second kappa shape index (κ2) is 6.66. The molecule has 1 aliphatic heterocycles. The van der Waals surface area contributed by atoms with Gasteiger partial charge in [-0.3, -0.25) is 9.59 Å². The summed E-state index contributed by atoms with van der Waals surface area (Å²) in [6.45, 7) is 7.64. The fourth-order valence-corrected chi connectivity index (χ4v) is 4.69. The molecule has 26 heavy (non-hydrogen) atoms. The number of amides is 2. The Morgan fingerprint density at radius 3 is 2.42 bits per heavy atom. The van der Waals surface area contributed by atoms with Crippen molar-refractivity contribution in [3.05, 3.63) is 29.8 Å². The van der Waals surface area contributed by atoms with E-state index in [1.54, 1.807) is 26.0 Å². The molecule has 1 heterocycles. The quantitative estimate of drug-likeness (QED) is 0.834. The van der Waals surface area contributed by atoms with Crippen molar-refractivity contribution in [3.63, 3.8) is 0 Å². The molecule has 0 bridgehead atoms. The molecule has 1 N–H and O–H groups in total. The average molecular weight is 381 g/mol. The molecule has 1 aliphatic rings. The van der Waals surface area contributed by atoms with E-state index in [1.807, 2.05) is 32.8 Å². The third kappa shape index (κ3) is 3.91. The molecule has 1 saturated heterocycles. The Kier molecular flexibility index (Phi) is 5.22. The van der Waals surface area contributed by atoms with Gasteiger partial charge >= 0.3 is 0 Å². The highest BCUT2D eigenvalue weighted by Gasteiger charge is 2.49. The van der Waals surface area contributed by atoms with E-state index in [0.29, 0.717) is 12.1 Å². The highest BCUT2D eigenvalue weighted by Crippen LogP contribution is 2.35. The fourth-order valence-electron chi connectivity index (χ4n) is 2.59. The first kappa shape index (κ1) is 20.4. The number of hydrogen-bond acceptors (Lipinski definition) is 5. The number of likely N-dealkylation sites (N-methyl/N-ethyl adjacent to an activating group) is 1.